The molecule has 1 aromatic rings. The highest BCUT2D eigenvalue weighted by molar-refractivity contribution is 5.07. The van der Waals surface area contributed by atoms with E-state index >= 15 is 0 Å². The Morgan fingerprint density at radius 3 is 2.79 bits per heavy atom. The molecule has 1 aromatic heterocycles. The van der Waals surface area contributed by atoms with Crippen LogP contribution in [-0.4, -0.2) is 23.2 Å². The molecular weight excluding hydrogens is 178 g/mol. The van der Waals surface area contributed by atoms with E-state index in [1.54, 1.807) is 12.4 Å². The maximum Gasteiger partial charge on any atom is 0.115 e. The Morgan fingerprint density at radius 2 is 2.14 bits per heavy atom. The predicted octanol–water partition coefficient (Wildman–Crippen LogP) is 1.29. The van der Waals surface area contributed by atoms with E-state index in [4.69, 9.17) is 10.5 Å². The average molecular weight is 195 g/mol. The minimum absolute atomic E-state index is 0.0247. The highest BCUT2D eigenvalue weighted by Crippen LogP contribution is 2.12. The second-order valence-corrected chi connectivity index (χ2v) is 3.12. The van der Waals surface area contributed by atoms with Crippen molar-refractivity contribution in [3.63, 3.8) is 0 Å². The molecule has 14 heavy (non-hydrogen) atoms. The van der Waals surface area contributed by atoms with Gasteiger partial charge < -0.3 is 10.5 Å². The molecule has 1 heterocycles. The fourth-order valence-corrected chi connectivity index (χ4v) is 1.22. The monoisotopic (exact) mass is 195 g/mol. The van der Waals surface area contributed by atoms with Crippen LogP contribution in [0.2, 0.25) is 0 Å². The lowest BCUT2D eigenvalue weighted by molar-refractivity contribution is 0.142. The molecule has 0 fully saturated rings. The molecule has 0 aromatic carbocycles. The molecule has 4 nitrogen and oxygen atoms in total. The van der Waals surface area contributed by atoms with Gasteiger partial charge in [-0.2, -0.15) is 0 Å². The number of ether oxygens (including phenoxy) is 1. The summed E-state index contributed by atoms with van der Waals surface area (Å²) in [5.41, 5.74) is 6.93. The summed E-state index contributed by atoms with van der Waals surface area (Å²) < 4.78 is 5.23. The lowest BCUT2D eigenvalue weighted by Crippen LogP contribution is -2.11. The topological polar surface area (TPSA) is 61.0 Å². The van der Waals surface area contributed by atoms with Crippen LogP contribution in [0.4, 0.5) is 0 Å². The zero-order valence-electron chi connectivity index (χ0n) is 8.52. The minimum Gasteiger partial charge on any atom is -0.382 e. The maximum atomic E-state index is 5.94. The van der Waals surface area contributed by atoms with Crippen LogP contribution in [0, 0.1) is 0 Å². The molecule has 0 bridgehead atoms. The van der Waals surface area contributed by atoms with Gasteiger partial charge in [-0.05, 0) is 19.8 Å². The third-order valence-electron chi connectivity index (χ3n) is 2.02. The summed E-state index contributed by atoms with van der Waals surface area (Å²) in [5.74, 6) is 0. The Balaban J connectivity index is 2.25. The molecule has 2 N–H and O–H groups in total. The van der Waals surface area contributed by atoms with Crippen molar-refractivity contribution < 1.29 is 4.74 Å². The zero-order valence-corrected chi connectivity index (χ0v) is 8.52. The Labute approximate surface area is 84.5 Å². The Morgan fingerprint density at radius 1 is 1.43 bits per heavy atom. The van der Waals surface area contributed by atoms with Crippen molar-refractivity contribution in [3.8, 4) is 0 Å². The van der Waals surface area contributed by atoms with E-state index in [0.29, 0.717) is 0 Å². The Kier molecular flexibility index (Phi) is 5.11. The van der Waals surface area contributed by atoms with E-state index in [0.717, 1.165) is 31.6 Å². The largest absolute Gasteiger partial charge is 0.382 e. The van der Waals surface area contributed by atoms with Crippen LogP contribution in [-0.2, 0) is 4.74 Å². The lowest BCUT2D eigenvalue weighted by Gasteiger charge is -2.10. The van der Waals surface area contributed by atoms with Crippen molar-refractivity contribution in [1.82, 2.24) is 9.97 Å². The molecule has 1 atom stereocenters. The Hall–Kier alpha value is -1.00. The van der Waals surface area contributed by atoms with Crippen molar-refractivity contribution >= 4 is 0 Å². The second kappa shape index (κ2) is 6.45. The van der Waals surface area contributed by atoms with Crippen molar-refractivity contribution in [3.05, 3.63) is 24.3 Å². The molecular formula is C10H17N3O. The number of hydrogen-bond acceptors (Lipinski definition) is 4. The fraction of sp³-hybridized carbons (Fsp3) is 0.600. The van der Waals surface area contributed by atoms with Crippen LogP contribution < -0.4 is 5.73 Å². The molecule has 0 saturated carbocycles. The molecule has 1 unspecified atom stereocenters. The first-order chi connectivity index (χ1) is 6.84. The molecule has 0 amide bonds. The first-order valence-electron chi connectivity index (χ1n) is 4.92. The van der Waals surface area contributed by atoms with Gasteiger partial charge in [-0.15, -0.1) is 0 Å². The van der Waals surface area contributed by atoms with Gasteiger partial charge in [0.25, 0.3) is 0 Å². The fourth-order valence-electron chi connectivity index (χ4n) is 1.22. The number of nitrogens with zero attached hydrogens (tertiary/aromatic N) is 2. The normalized spacial score (nSPS) is 12.7. The van der Waals surface area contributed by atoms with Crippen LogP contribution in [0.5, 0.6) is 0 Å². The Bertz CT molecular complexity index is 240. The molecule has 0 radical (unpaired) electrons. The van der Waals surface area contributed by atoms with Gasteiger partial charge in [0.05, 0.1) is 0 Å². The van der Waals surface area contributed by atoms with Gasteiger partial charge in [-0.3, -0.25) is 0 Å². The summed E-state index contributed by atoms with van der Waals surface area (Å²) in [5, 5.41) is 0. The second-order valence-electron chi connectivity index (χ2n) is 3.12. The van der Waals surface area contributed by atoms with Gasteiger partial charge in [0.2, 0.25) is 0 Å². The van der Waals surface area contributed by atoms with E-state index < -0.39 is 0 Å². The average Bonchev–Trinajstić information content (AvgIpc) is 2.25. The zero-order chi connectivity index (χ0) is 10.2. The molecule has 0 saturated heterocycles. The van der Waals surface area contributed by atoms with E-state index in [9.17, 15) is 0 Å². The van der Waals surface area contributed by atoms with Gasteiger partial charge in [0.1, 0.15) is 6.33 Å². The van der Waals surface area contributed by atoms with Gasteiger partial charge >= 0.3 is 0 Å². The molecule has 0 aliphatic rings. The molecule has 1 rings (SSSR count). The number of nitrogens with two attached hydrogens (primary N) is 1. The third-order valence-corrected chi connectivity index (χ3v) is 2.02. The maximum absolute atomic E-state index is 5.94. The van der Waals surface area contributed by atoms with E-state index in [-0.39, 0.29) is 6.04 Å². The summed E-state index contributed by atoms with van der Waals surface area (Å²) in [4.78, 5) is 7.86. The smallest absolute Gasteiger partial charge is 0.115 e. The molecule has 78 valence electrons. The molecule has 4 heteroatoms. The van der Waals surface area contributed by atoms with Gasteiger partial charge in [-0.1, -0.05) is 0 Å². The number of hydrogen-bond donors (Lipinski definition) is 1. The van der Waals surface area contributed by atoms with Gasteiger partial charge in [0, 0.05) is 37.2 Å². The van der Waals surface area contributed by atoms with Crippen molar-refractivity contribution in [1.29, 1.82) is 0 Å². The first kappa shape index (κ1) is 11.1. The van der Waals surface area contributed by atoms with E-state index in [1.807, 2.05) is 6.92 Å². The van der Waals surface area contributed by atoms with Gasteiger partial charge in [-0.25, -0.2) is 9.97 Å². The summed E-state index contributed by atoms with van der Waals surface area (Å²) in [7, 11) is 0. The summed E-state index contributed by atoms with van der Waals surface area (Å²) in [6.07, 6.45) is 6.92. The van der Waals surface area contributed by atoms with Crippen LogP contribution in [0.3, 0.4) is 0 Å². The van der Waals surface area contributed by atoms with E-state index in [2.05, 4.69) is 9.97 Å². The SMILES string of the molecule is CCOCCCC(N)c1cncnc1. The molecule has 0 spiro atoms. The van der Waals surface area contributed by atoms with Crippen LogP contribution in [0.15, 0.2) is 18.7 Å². The van der Waals surface area contributed by atoms with Crippen molar-refractivity contribution in [2.24, 2.45) is 5.73 Å². The number of aromatic nitrogens is 2. The van der Waals surface area contributed by atoms with Crippen LogP contribution in [0.1, 0.15) is 31.4 Å². The first-order valence-corrected chi connectivity index (χ1v) is 4.92. The highest BCUT2D eigenvalue weighted by Gasteiger charge is 2.05. The van der Waals surface area contributed by atoms with Crippen LogP contribution in [0.25, 0.3) is 0 Å². The lowest BCUT2D eigenvalue weighted by atomic mass is 10.1. The van der Waals surface area contributed by atoms with Gasteiger partial charge in [0.15, 0.2) is 0 Å². The molecule has 0 aliphatic heterocycles. The minimum atomic E-state index is 0.0247. The van der Waals surface area contributed by atoms with Crippen molar-refractivity contribution in [2.75, 3.05) is 13.2 Å². The number of rotatable bonds is 6. The highest BCUT2D eigenvalue weighted by atomic mass is 16.5. The summed E-state index contributed by atoms with van der Waals surface area (Å²) >= 11 is 0. The standard InChI is InChI=1S/C10H17N3O/c1-2-14-5-3-4-10(11)9-6-12-8-13-7-9/h6-8,10H,2-5,11H2,1H3. The van der Waals surface area contributed by atoms with Crippen LogP contribution >= 0.6 is 0 Å². The summed E-state index contributed by atoms with van der Waals surface area (Å²) in [6, 6.07) is 0.0247. The van der Waals surface area contributed by atoms with Crippen molar-refractivity contribution in [2.45, 2.75) is 25.8 Å². The third kappa shape index (κ3) is 3.81. The quantitative estimate of drug-likeness (QED) is 0.695. The van der Waals surface area contributed by atoms with E-state index in [1.165, 1.54) is 6.33 Å². The molecule has 0 aliphatic carbocycles. The summed E-state index contributed by atoms with van der Waals surface area (Å²) in [6.45, 7) is 3.53. The predicted molar refractivity (Wildman–Crippen MR) is 54.7 cm³/mol.